The summed E-state index contributed by atoms with van der Waals surface area (Å²) in [7, 11) is 3.51. The third-order valence-electron chi connectivity index (χ3n) is 9.42. The van der Waals surface area contributed by atoms with E-state index >= 15 is 0 Å². The molecule has 54 heavy (non-hydrogen) atoms. The first-order valence-electron chi connectivity index (χ1n) is 17.3. The number of likely N-dealkylation sites (N-methyl/N-ethyl adjacent to an activating group) is 2. The van der Waals surface area contributed by atoms with Crippen LogP contribution < -0.4 is 15.5 Å². The number of hydrogen-bond donors (Lipinski definition) is 1. The quantitative estimate of drug-likeness (QED) is 0.111. The summed E-state index contributed by atoms with van der Waals surface area (Å²) < 4.78 is 0. The van der Waals surface area contributed by atoms with Gasteiger partial charge in [0.05, 0.1) is 27.7 Å². The largest absolute Gasteiger partial charge is 0.399 e. The second-order valence-corrected chi connectivity index (χ2v) is 12.9. The normalized spacial score (nSPS) is 13.7. The van der Waals surface area contributed by atoms with Crippen molar-refractivity contribution in [1.29, 1.82) is 0 Å². The molecule has 0 aromatic heterocycles. The average Bonchev–Trinajstić information content (AvgIpc) is 3.41. The van der Waals surface area contributed by atoms with Gasteiger partial charge in [-0.2, -0.15) is 0 Å². The number of carbonyl (C=O) groups excluding carboxylic acids is 2. The number of aliphatic imine (C=N–C) groups is 2. The number of nitrogen functional groups attached to an aromatic ring is 1. The number of rotatable bonds is 5. The predicted octanol–water partition coefficient (Wildman–Crippen LogP) is 7.83. The summed E-state index contributed by atoms with van der Waals surface area (Å²) in [6.45, 7) is 0.111. The molecule has 2 heterocycles. The number of nitro benzene ring substituents is 1. The average molecular weight is 713 g/mol. The summed E-state index contributed by atoms with van der Waals surface area (Å²) in [5, 5.41) is 11.2. The number of nitrogens with zero attached hydrogens (tertiary/aromatic N) is 5. The number of nitro groups is 1. The van der Waals surface area contributed by atoms with Gasteiger partial charge in [0.15, 0.2) is 0 Å². The van der Waals surface area contributed by atoms with E-state index in [0.717, 1.165) is 56.0 Å². The number of hydrogen-bond acceptors (Lipinski definition) is 7. The van der Waals surface area contributed by atoms with Crippen molar-refractivity contribution in [3.63, 3.8) is 0 Å². The highest BCUT2D eigenvalue weighted by Crippen LogP contribution is 2.33. The minimum absolute atomic E-state index is 0.00936. The Morgan fingerprint density at radius 3 is 1.44 bits per heavy atom. The summed E-state index contributed by atoms with van der Waals surface area (Å²) >= 11 is 0. The number of anilines is 3. The third kappa shape index (κ3) is 7.26. The van der Waals surface area contributed by atoms with Crippen LogP contribution in [0.1, 0.15) is 22.3 Å². The monoisotopic (exact) mass is 712 g/mol. The van der Waals surface area contributed by atoms with Crippen LogP contribution in [0.2, 0.25) is 0 Å². The summed E-state index contributed by atoms with van der Waals surface area (Å²) in [5.41, 5.74) is 17.1. The predicted molar refractivity (Wildman–Crippen MR) is 216 cm³/mol. The maximum atomic E-state index is 12.4. The molecule has 6 aromatic carbocycles. The van der Waals surface area contributed by atoms with Crippen molar-refractivity contribution in [3.05, 3.63) is 178 Å². The molecule has 2 aliphatic rings. The second-order valence-electron chi connectivity index (χ2n) is 12.9. The van der Waals surface area contributed by atoms with Gasteiger partial charge in [0.25, 0.3) is 5.69 Å². The van der Waals surface area contributed by atoms with Crippen molar-refractivity contribution >= 4 is 46.0 Å². The Morgan fingerprint density at radius 2 is 0.981 bits per heavy atom. The van der Waals surface area contributed by atoms with Gasteiger partial charge in [-0.15, -0.1) is 0 Å². The number of fused-ring (bicyclic) bond motifs is 2. The molecule has 0 aliphatic carbocycles. The molecule has 10 heteroatoms. The molecule has 10 nitrogen and oxygen atoms in total. The van der Waals surface area contributed by atoms with Gasteiger partial charge >= 0.3 is 0 Å². The molecule has 2 aliphatic heterocycles. The van der Waals surface area contributed by atoms with Gasteiger partial charge in [0, 0.05) is 54.2 Å². The lowest BCUT2D eigenvalue weighted by atomic mass is 9.95. The van der Waals surface area contributed by atoms with Crippen molar-refractivity contribution in [2.24, 2.45) is 9.98 Å². The molecule has 0 spiro atoms. The molecule has 0 fully saturated rings. The molecule has 0 unspecified atom stereocenters. The molecular formula is C44H36N6O4. The van der Waals surface area contributed by atoms with Gasteiger partial charge < -0.3 is 15.5 Å². The number of carbonyl (C=O) groups is 2. The van der Waals surface area contributed by atoms with E-state index < -0.39 is 4.92 Å². The lowest BCUT2D eigenvalue weighted by Gasteiger charge is -2.19. The zero-order valence-electron chi connectivity index (χ0n) is 29.7. The Labute approximate surface area is 312 Å². The second kappa shape index (κ2) is 15.2. The molecule has 8 rings (SSSR count). The Kier molecular flexibility index (Phi) is 9.90. The van der Waals surface area contributed by atoms with Crippen molar-refractivity contribution < 1.29 is 14.5 Å². The lowest BCUT2D eigenvalue weighted by molar-refractivity contribution is -0.384. The fourth-order valence-electron chi connectivity index (χ4n) is 6.55. The number of amides is 2. The molecule has 0 bridgehead atoms. The van der Waals surface area contributed by atoms with Crippen LogP contribution in [0.5, 0.6) is 0 Å². The minimum atomic E-state index is -0.431. The van der Waals surface area contributed by atoms with E-state index in [4.69, 9.17) is 5.73 Å². The lowest BCUT2D eigenvalue weighted by Crippen LogP contribution is -2.27. The van der Waals surface area contributed by atoms with Gasteiger partial charge in [-0.1, -0.05) is 97.1 Å². The Balaban J connectivity index is 0.000000167. The maximum absolute atomic E-state index is 12.4. The third-order valence-corrected chi connectivity index (χ3v) is 9.42. The zero-order chi connectivity index (χ0) is 37.8. The SMILES string of the molecule is CN1C(=O)CN=C(c2cccc(N)c2)c2cc(-c3ccccc3)ccc21.CN1C(=O)CN=C(c2cccc([N+](=O)[O-])c2)c2cc(-c3ccccc3)ccc21. The highest BCUT2D eigenvalue weighted by molar-refractivity contribution is 6.21. The summed E-state index contributed by atoms with van der Waals surface area (Å²) in [6, 6.07) is 46.0. The van der Waals surface area contributed by atoms with Crippen LogP contribution in [0.3, 0.4) is 0 Å². The van der Waals surface area contributed by atoms with Crippen molar-refractivity contribution in [1.82, 2.24) is 0 Å². The fraction of sp³-hybridized carbons (Fsp3) is 0.0909. The first kappa shape index (κ1) is 35.2. The van der Waals surface area contributed by atoms with Crippen LogP contribution in [-0.2, 0) is 9.59 Å². The minimum Gasteiger partial charge on any atom is -0.399 e. The smallest absolute Gasteiger partial charge is 0.270 e. The van der Waals surface area contributed by atoms with Crippen LogP contribution in [0.4, 0.5) is 22.7 Å². The number of non-ortho nitro benzene ring substituents is 1. The highest BCUT2D eigenvalue weighted by Gasteiger charge is 2.25. The summed E-state index contributed by atoms with van der Waals surface area (Å²) in [4.78, 5) is 47.9. The van der Waals surface area contributed by atoms with E-state index in [1.165, 1.54) is 12.1 Å². The van der Waals surface area contributed by atoms with E-state index in [-0.39, 0.29) is 30.6 Å². The fourth-order valence-corrected chi connectivity index (χ4v) is 6.55. The van der Waals surface area contributed by atoms with Crippen molar-refractivity contribution in [2.75, 3.05) is 42.7 Å². The molecule has 0 saturated carbocycles. The molecule has 2 amide bonds. The number of benzene rings is 6. The number of nitrogens with two attached hydrogens (primary N) is 1. The molecule has 6 aromatic rings. The van der Waals surface area contributed by atoms with Crippen LogP contribution >= 0.6 is 0 Å². The van der Waals surface area contributed by atoms with Gasteiger partial charge in [0.2, 0.25) is 11.8 Å². The Bertz CT molecular complexity index is 2460. The highest BCUT2D eigenvalue weighted by atomic mass is 16.6. The van der Waals surface area contributed by atoms with Crippen LogP contribution in [0.25, 0.3) is 22.3 Å². The Morgan fingerprint density at radius 1 is 0.537 bits per heavy atom. The molecule has 0 atom stereocenters. The topological polar surface area (TPSA) is 134 Å². The van der Waals surface area contributed by atoms with Crippen LogP contribution in [0.15, 0.2) is 156 Å². The van der Waals surface area contributed by atoms with E-state index in [2.05, 4.69) is 28.2 Å². The molecule has 2 N–H and O–H groups in total. The molecule has 0 saturated heterocycles. The van der Waals surface area contributed by atoms with Crippen molar-refractivity contribution in [2.45, 2.75) is 0 Å². The van der Waals surface area contributed by atoms with Crippen LogP contribution in [-0.4, -0.2) is 55.3 Å². The summed E-state index contributed by atoms with van der Waals surface area (Å²) in [5.74, 6) is -0.160. The first-order valence-corrected chi connectivity index (χ1v) is 17.3. The van der Waals surface area contributed by atoms with E-state index in [9.17, 15) is 19.7 Å². The zero-order valence-corrected chi connectivity index (χ0v) is 29.7. The molecular weight excluding hydrogens is 677 g/mol. The summed E-state index contributed by atoms with van der Waals surface area (Å²) in [6.07, 6.45) is 0. The van der Waals surface area contributed by atoms with Gasteiger partial charge in [0.1, 0.15) is 13.1 Å². The van der Waals surface area contributed by atoms with Crippen molar-refractivity contribution in [3.8, 4) is 22.3 Å². The van der Waals surface area contributed by atoms with E-state index in [0.29, 0.717) is 17.0 Å². The molecule has 266 valence electrons. The van der Waals surface area contributed by atoms with Gasteiger partial charge in [-0.05, 0) is 58.7 Å². The molecule has 0 radical (unpaired) electrons. The van der Waals surface area contributed by atoms with E-state index in [1.807, 2.05) is 103 Å². The number of benzodiazepines with no additional fused rings is 2. The maximum Gasteiger partial charge on any atom is 0.270 e. The van der Waals surface area contributed by atoms with Crippen LogP contribution in [0, 0.1) is 10.1 Å². The van der Waals surface area contributed by atoms with Gasteiger partial charge in [-0.25, -0.2) is 0 Å². The van der Waals surface area contributed by atoms with E-state index in [1.54, 1.807) is 36.0 Å². The standard InChI is InChI=1S/C22H17N3O3.C22H19N3O/c1-24-20-11-10-16(15-6-3-2-4-7-15)13-19(20)22(23-14-21(24)26)17-8-5-9-18(12-17)25(27)28;1-25-20-11-10-16(15-6-3-2-4-7-15)13-19(20)22(24-14-21(25)26)17-8-5-9-18(23)12-17/h2-13H,14H2,1H3;2-13H,14,23H2,1H3. The van der Waals surface area contributed by atoms with Gasteiger partial charge in [-0.3, -0.25) is 29.7 Å². The first-order chi connectivity index (χ1) is 26.2. The Hall–Kier alpha value is -7.20.